The third kappa shape index (κ3) is 0.560. The molecule has 0 radical (unpaired) electrons. The summed E-state index contributed by atoms with van der Waals surface area (Å²) in [5.41, 5.74) is 0.333. The van der Waals surface area contributed by atoms with Gasteiger partial charge < -0.3 is 4.74 Å². The largest absolute Gasteiger partial charge is 0.377 e. The average Bonchev–Trinajstić information content (AvgIpc) is 2.43. The first-order valence-electron chi connectivity index (χ1n) is 4.46. The summed E-state index contributed by atoms with van der Waals surface area (Å²) in [5.74, 6) is 0.793. The zero-order valence-electron chi connectivity index (χ0n) is 6.51. The number of fused-ring (bicyclic) bond motifs is 1. The van der Waals surface area contributed by atoms with Crippen molar-refractivity contribution in [2.24, 2.45) is 11.3 Å². The number of rotatable bonds is 0. The predicted octanol–water partition coefficient (Wildman–Crippen LogP) is 1.14. The molecule has 60 valence electrons. The van der Waals surface area contributed by atoms with Gasteiger partial charge in [-0.15, -0.1) is 0 Å². The van der Waals surface area contributed by atoms with E-state index in [2.05, 4.69) is 0 Å². The summed E-state index contributed by atoms with van der Waals surface area (Å²) in [6, 6.07) is 0. The Kier molecular flexibility index (Phi) is 0.947. The van der Waals surface area contributed by atoms with Crippen LogP contribution in [0.15, 0.2) is 0 Å². The molecule has 2 saturated heterocycles. The molecule has 4 aliphatic rings. The minimum Gasteiger partial charge on any atom is -0.377 e. The lowest BCUT2D eigenvalue weighted by molar-refractivity contribution is -0.138. The quantitative estimate of drug-likeness (QED) is 0.520. The van der Waals surface area contributed by atoms with Gasteiger partial charge in [0.1, 0.15) is 5.78 Å². The second-order valence-electron chi connectivity index (χ2n) is 4.21. The van der Waals surface area contributed by atoms with Crippen LogP contribution in [0.5, 0.6) is 0 Å². The maximum atomic E-state index is 11.4. The molecule has 2 aliphatic heterocycles. The van der Waals surface area contributed by atoms with Gasteiger partial charge in [0.25, 0.3) is 0 Å². The number of carbonyl (C=O) groups is 1. The predicted molar refractivity (Wildman–Crippen MR) is 39.1 cm³/mol. The molecule has 4 rings (SSSR count). The molecule has 1 spiro atoms. The van der Waals surface area contributed by atoms with Gasteiger partial charge in [0.05, 0.1) is 18.6 Å². The SMILES string of the molecule is O=C1CCCC23COC(C2)C13. The molecule has 0 amide bonds. The van der Waals surface area contributed by atoms with Crippen molar-refractivity contribution in [1.82, 2.24) is 0 Å². The van der Waals surface area contributed by atoms with E-state index >= 15 is 0 Å². The first kappa shape index (κ1) is 6.18. The molecule has 2 aliphatic carbocycles. The number of Topliss-reactive ketones (excluding diaryl/α,β-unsaturated/α-hetero) is 1. The maximum absolute atomic E-state index is 11.4. The molecule has 2 heterocycles. The van der Waals surface area contributed by atoms with E-state index in [1.54, 1.807) is 0 Å². The molecule has 3 unspecified atom stereocenters. The van der Waals surface area contributed by atoms with E-state index in [-0.39, 0.29) is 0 Å². The molecule has 2 saturated carbocycles. The van der Waals surface area contributed by atoms with Gasteiger partial charge in [-0.1, -0.05) is 0 Å². The van der Waals surface area contributed by atoms with Crippen molar-refractivity contribution in [1.29, 1.82) is 0 Å². The van der Waals surface area contributed by atoms with Gasteiger partial charge in [0, 0.05) is 11.8 Å². The van der Waals surface area contributed by atoms with Gasteiger partial charge in [-0.2, -0.15) is 0 Å². The lowest BCUT2D eigenvalue weighted by Gasteiger charge is -2.46. The van der Waals surface area contributed by atoms with E-state index in [0.717, 1.165) is 19.4 Å². The van der Waals surface area contributed by atoms with E-state index in [1.165, 1.54) is 12.8 Å². The van der Waals surface area contributed by atoms with Gasteiger partial charge in [-0.05, 0) is 19.3 Å². The first-order chi connectivity index (χ1) is 5.32. The minimum atomic E-state index is 0.316. The number of hydrogen-bond acceptors (Lipinski definition) is 2. The zero-order chi connectivity index (χ0) is 7.47. The van der Waals surface area contributed by atoms with E-state index in [0.29, 0.717) is 23.2 Å². The Morgan fingerprint density at radius 1 is 1.55 bits per heavy atom. The molecule has 0 N–H and O–H groups in total. The van der Waals surface area contributed by atoms with Crippen molar-refractivity contribution >= 4 is 5.78 Å². The number of hydrogen-bond donors (Lipinski definition) is 0. The fourth-order valence-corrected chi connectivity index (χ4v) is 3.10. The fraction of sp³-hybridized carbons (Fsp3) is 0.889. The van der Waals surface area contributed by atoms with Crippen LogP contribution in [-0.2, 0) is 9.53 Å². The molecule has 0 aromatic heterocycles. The van der Waals surface area contributed by atoms with Crippen molar-refractivity contribution in [3.8, 4) is 0 Å². The van der Waals surface area contributed by atoms with E-state index < -0.39 is 0 Å². The second kappa shape index (κ2) is 1.69. The lowest BCUT2D eigenvalue weighted by atomic mass is 9.54. The highest BCUT2D eigenvalue weighted by atomic mass is 16.5. The Morgan fingerprint density at radius 3 is 3.18 bits per heavy atom. The van der Waals surface area contributed by atoms with Crippen molar-refractivity contribution in [3.63, 3.8) is 0 Å². The highest BCUT2D eigenvalue weighted by molar-refractivity contribution is 5.85. The van der Waals surface area contributed by atoms with Crippen LogP contribution in [0.2, 0.25) is 0 Å². The maximum Gasteiger partial charge on any atom is 0.139 e. The Balaban J connectivity index is 1.97. The van der Waals surface area contributed by atoms with Crippen LogP contribution in [0.25, 0.3) is 0 Å². The van der Waals surface area contributed by atoms with Crippen LogP contribution in [0.3, 0.4) is 0 Å². The standard InChI is InChI=1S/C9H12O2/c10-6-2-1-3-9-4-7(8(6)9)11-5-9/h7-8H,1-5H2. The molecule has 2 heteroatoms. The van der Waals surface area contributed by atoms with Crippen LogP contribution >= 0.6 is 0 Å². The normalized spacial score (nSPS) is 53.6. The van der Waals surface area contributed by atoms with Crippen LogP contribution < -0.4 is 0 Å². The molecular weight excluding hydrogens is 140 g/mol. The van der Waals surface area contributed by atoms with E-state index in [4.69, 9.17) is 4.74 Å². The number of carbonyl (C=O) groups excluding carboxylic acids is 1. The summed E-state index contributed by atoms with van der Waals surface area (Å²) >= 11 is 0. The highest BCUT2D eigenvalue weighted by Crippen LogP contribution is 2.60. The average molecular weight is 152 g/mol. The van der Waals surface area contributed by atoms with E-state index in [9.17, 15) is 4.79 Å². The van der Waals surface area contributed by atoms with Crippen molar-refractivity contribution < 1.29 is 9.53 Å². The third-order valence-corrected chi connectivity index (χ3v) is 3.67. The summed E-state index contributed by atoms with van der Waals surface area (Å²) in [7, 11) is 0. The molecule has 2 nitrogen and oxygen atoms in total. The number of ketones is 1. The Morgan fingerprint density at radius 2 is 2.45 bits per heavy atom. The molecule has 11 heavy (non-hydrogen) atoms. The minimum absolute atomic E-state index is 0.316. The Labute approximate surface area is 65.9 Å². The van der Waals surface area contributed by atoms with Gasteiger partial charge >= 0.3 is 0 Å². The molecule has 0 aromatic carbocycles. The third-order valence-electron chi connectivity index (χ3n) is 3.67. The van der Waals surface area contributed by atoms with Gasteiger partial charge in [-0.3, -0.25) is 4.79 Å². The molecule has 2 bridgehead atoms. The Hall–Kier alpha value is -0.370. The molecule has 3 atom stereocenters. The van der Waals surface area contributed by atoms with Gasteiger partial charge in [0.15, 0.2) is 0 Å². The Bertz CT molecular complexity index is 220. The van der Waals surface area contributed by atoms with Crippen LogP contribution in [0.1, 0.15) is 25.7 Å². The fourth-order valence-electron chi connectivity index (χ4n) is 3.10. The molecular formula is C9H12O2. The van der Waals surface area contributed by atoms with Crippen molar-refractivity contribution in [2.75, 3.05) is 6.61 Å². The van der Waals surface area contributed by atoms with Crippen molar-refractivity contribution in [3.05, 3.63) is 0 Å². The van der Waals surface area contributed by atoms with Crippen molar-refractivity contribution in [2.45, 2.75) is 31.8 Å². The summed E-state index contributed by atoms with van der Waals surface area (Å²) in [5, 5.41) is 0. The lowest BCUT2D eigenvalue weighted by Crippen LogP contribution is -2.51. The molecule has 4 fully saturated rings. The first-order valence-corrected chi connectivity index (χ1v) is 4.46. The van der Waals surface area contributed by atoms with Crippen LogP contribution in [0, 0.1) is 11.3 Å². The molecule has 0 aromatic rings. The summed E-state index contributed by atoms with van der Waals surface area (Å²) in [6.45, 7) is 0.869. The summed E-state index contributed by atoms with van der Waals surface area (Å²) in [6.07, 6.45) is 4.64. The smallest absolute Gasteiger partial charge is 0.139 e. The topological polar surface area (TPSA) is 26.3 Å². The second-order valence-corrected chi connectivity index (χ2v) is 4.21. The van der Waals surface area contributed by atoms with Gasteiger partial charge in [0.2, 0.25) is 0 Å². The van der Waals surface area contributed by atoms with E-state index in [1.807, 2.05) is 0 Å². The summed E-state index contributed by atoms with van der Waals surface area (Å²) in [4.78, 5) is 11.4. The highest BCUT2D eigenvalue weighted by Gasteiger charge is 2.63. The monoisotopic (exact) mass is 152 g/mol. The number of ether oxygens (including phenoxy) is 1. The van der Waals surface area contributed by atoms with Gasteiger partial charge in [-0.25, -0.2) is 0 Å². The zero-order valence-corrected chi connectivity index (χ0v) is 6.51. The van der Waals surface area contributed by atoms with Crippen LogP contribution in [-0.4, -0.2) is 18.5 Å². The van der Waals surface area contributed by atoms with Crippen LogP contribution in [0.4, 0.5) is 0 Å². The summed E-state index contributed by atoms with van der Waals surface area (Å²) < 4.78 is 5.51.